The molecule has 4 aromatic rings. The number of pyridine rings is 1. The zero-order valence-corrected chi connectivity index (χ0v) is 22.0. The second-order valence-corrected chi connectivity index (χ2v) is 11.4. The van der Waals surface area contributed by atoms with E-state index < -0.39 is 29.0 Å². The first kappa shape index (κ1) is 25.8. The van der Waals surface area contributed by atoms with Crippen LogP contribution in [0.15, 0.2) is 53.8 Å². The Kier molecular flexibility index (Phi) is 5.80. The molecule has 2 aliphatic rings. The number of imidazole rings is 1. The van der Waals surface area contributed by atoms with E-state index >= 15 is 0 Å². The van der Waals surface area contributed by atoms with Gasteiger partial charge in [0.1, 0.15) is 18.3 Å². The molecule has 39 heavy (non-hydrogen) atoms. The smallest absolute Gasteiger partial charge is 0.320 e. The third-order valence-corrected chi connectivity index (χ3v) is 8.57. The summed E-state index contributed by atoms with van der Waals surface area (Å²) in [4.78, 5) is 13.6. The largest absolute Gasteiger partial charge is 0.418 e. The van der Waals surface area contributed by atoms with E-state index in [1.165, 1.54) is 17.0 Å². The van der Waals surface area contributed by atoms with E-state index in [1.807, 2.05) is 13.0 Å². The number of rotatable bonds is 6. The highest BCUT2D eigenvalue weighted by Crippen LogP contribution is 2.50. The second kappa shape index (κ2) is 8.77. The maximum Gasteiger partial charge on any atom is 0.418 e. The molecule has 206 valence electrons. The van der Waals surface area contributed by atoms with Crippen LogP contribution in [0.5, 0.6) is 0 Å². The van der Waals surface area contributed by atoms with Crippen molar-refractivity contribution in [3.05, 3.63) is 82.1 Å². The third-order valence-electron chi connectivity index (χ3n) is 8.57. The summed E-state index contributed by atoms with van der Waals surface area (Å²) in [6.45, 7) is 3.88. The predicted octanol–water partition coefficient (Wildman–Crippen LogP) is 5.25. The molecule has 11 heteroatoms. The maximum absolute atomic E-state index is 14.2. The molecule has 1 atom stereocenters. The van der Waals surface area contributed by atoms with Crippen LogP contribution in [-0.2, 0) is 18.6 Å². The molecular weight excluding hydrogens is 512 g/mol. The van der Waals surface area contributed by atoms with Gasteiger partial charge in [-0.05, 0) is 75.3 Å². The minimum absolute atomic E-state index is 0.122. The average molecular weight is 543 g/mol. The van der Waals surface area contributed by atoms with Crippen LogP contribution < -0.4 is 11.0 Å². The fraction of sp³-hybridized carbons (Fsp3) is 0.464. The van der Waals surface area contributed by atoms with E-state index in [4.69, 9.17) is 0 Å². The molecule has 0 unspecified atom stereocenters. The Labute approximate surface area is 222 Å². The van der Waals surface area contributed by atoms with Crippen LogP contribution in [0, 0.1) is 0 Å². The van der Waals surface area contributed by atoms with Gasteiger partial charge in [-0.1, -0.05) is 12.1 Å². The van der Waals surface area contributed by atoms with Gasteiger partial charge in [0.2, 0.25) is 0 Å². The highest BCUT2D eigenvalue weighted by Gasteiger charge is 2.50. The summed E-state index contributed by atoms with van der Waals surface area (Å²) < 4.78 is 60.9. The van der Waals surface area contributed by atoms with E-state index in [1.54, 1.807) is 36.1 Å². The van der Waals surface area contributed by atoms with Crippen LogP contribution in [0.2, 0.25) is 0 Å². The van der Waals surface area contributed by atoms with Crippen LogP contribution in [-0.4, -0.2) is 35.4 Å². The van der Waals surface area contributed by atoms with Crippen LogP contribution in [0.4, 0.5) is 17.6 Å². The number of halogens is 4. The molecule has 0 bridgehead atoms. The lowest BCUT2D eigenvalue weighted by Crippen LogP contribution is -2.49. The number of hydrogen-bond donors (Lipinski definition) is 1. The molecule has 2 aliphatic carbocycles. The Balaban J connectivity index is 1.46. The van der Waals surface area contributed by atoms with Crippen molar-refractivity contribution in [1.82, 2.24) is 29.0 Å². The van der Waals surface area contributed by atoms with Gasteiger partial charge in [-0.2, -0.15) is 13.2 Å². The zero-order valence-electron chi connectivity index (χ0n) is 22.0. The van der Waals surface area contributed by atoms with Crippen LogP contribution in [0.3, 0.4) is 0 Å². The lowest BCUT2D eigenvalue weighted by molar-refractivity contribution is -0.136. The Morgan fingerprint density at radius 3 is 2.49 bits per heavy atom. The second-order valence-electron chi connectivity index (χ2n) is 11.4. The van der Waals surface area contributed by atoms with E-state index in [2.05, 4.69) is 22.4 Å². The highest BCUT2D eigenvalue weighted by atomic mass is 19.4. The number of hydrogen-bond acceptors (Lipinski definition) is 4. The number of aromatic nitrogens is 5. The van der Waals surface area contributed by atoms with Gasteiger partial charge in [-0.25, -0.2) is 9.18 Å². The molecule has 0 aliphatic heterocycles. The summed E-state index contributed by atoms with van der Waals surface area (Å²) in [6, 6.07) is 7.71. The van der Waals surface area contributed by atoms with Gasteiger partial charge in [0.05, 0.1) is 22.2 Å². The first-order valence-electron chi connectivity index (χ1n) is 13.1. The van der Waals surface area contributed by atoms with Crippen LogP contribution in [0.25, 0.3) is 11.2 Å². The maximum atomic E-state index is 14.2. The number of aryl methyl sites for hydroxylation is 1. The summed E-state index contributed by atoms with van der Waals surface area (Å²) >= 11 is 0. The molecule has 0 amide bonds. The fourth-order valence-corrected chi connectivity index (χ4v) is 6.23. The minimum atomic E-state index is -4.65. The number of nitrogens with zero attached hydrogens (tertiary/aromatic N) is 5. The van der Waals surface area contributed by atoms with Crippen molar-refractivity contribution in [3.8, 4) is 5.69 Å². The Hall–Kier alpha value is -3.47. The lowest BCUT2D eigenvalue weighted by atomic mass is 9.62. The Morgan fingerprint density at radius 1 is 1.15 bits per heavy atom. The van der Waals surface area contributed by atoms with Crippen molar-refractivity contribution < 1.29 is 17.6 Å². The van der Waals surface area contributed by atoms with Crippen molar-refractivity contribution in [1.29, 1.82) is 0 Å². The van der Waals surface area contributed by atoms with Gasteiger partial charge in [0.25, 0.3) is 0 Å². The molecule has 0 radical (unpaired) electrons. The predicted molar refractivity (Wildman–Crippen MR) is 138 cm³/mol. The fourth-order valence-electron chi connectivity index (χ4n) is 6.23. The lowest BCUT2D eigenvalue weighted by Gasteiger charge is -2.43. The van der Waals surface area contributed by atoms with Gasteiger partial charge >= 0.3 is 11.9 Å². The van der Waals surface area contributed by atoms with Crippen molar-refractivity contribution in [2.24, 2.45) is 7.05 Å². The summed E-state index contributed by atoms with van der Waals surface area (Å²) in [5, 5.41) is 11.6. The first-order valence-corrected chi connectivity index (χ1v) is 13.1. The number of alkyl halides is 4. The minimum Gasteiger partial charge on any atom is -0.320 e. The highest BCUT2D eigenvalue weighted by molar-refractivity contribution is 5.58. The molecule has 2 saturated carbocycles. The van der Waals surface area contributed by atoms with Gasteiger partial charge in [-0.15, -0.1) is 10.2 Å². The summed E-state index contributed by atoms with van der Waals surface area (Å²) in [5.41, 5.74) is -1.03. The summed E-state index contributed by atoms with van der Waals surface area (Å²) in [5.74, 6) is 0.605. The molecule has 3 heterocycles. The van der Waals surface area contributed by atoms with Gasteiger partial charge in [0.15, 0.2) is 0 Å². The molecule has 6 rings (SSSR count). The zero-order chi connectivity index (χ0) is 27.7. The molecular formula is C28H30F4N6O. The number of benzene rings is 1. The Morgan fingerprint density at radius 2 is 1.90 bits per heavy atom. The summed E-state index contributed by atoms with van der Waals surface area (Å²) in [6.07, 6.45) is 2.02. The van der Waals surface area contributed by atoms with Crippen molar-refractivity contribution in [2.75, 3.05) is 0 Å². The molecule has 1 aromatic carbocycles. The number of nitrogens with one attached hydrogen (secondary N) is 1. The molecule has 3 aromatic heterocycles. The van der Waals surface area contributed by atoms with E-state index in [-0.39, 0.29) is 29.9 Å². The molecule has 7 nitrogen and oxygen atoms in total. The third kappa shape index (κ3) is 4.18. The topological polar surface area (TPSA) is 69.2 Å². The molecule has 0 saturated heterocycles. The van der Waals surface area contributed by atoms with Crippen molar-refractivity contribution in [2.45, 2.75) is 75.3 Å². The standard InChI is InChI=1S/C28H30F4N6O/c1-17(34-26(2)8-5-9-26)18-10-22(28(30,31)32)23-15-37(25(39)38(23)14-18)21-7-4-6-19(11-21)27(12-20(29)13-27)24-35-33-16-36(24)3/h4,6-7,10-11,14-17,20,34H,5,8-9,12-13H2,1-3H3/t17-,20?,27?/m0/s1. The van der Waals surface area contributed by atoms with Crippen LogP contribution >= 0.6 is 0 Å². The molecule has 2 fully saturated rings. The molecule has 0 spiro atoms. The van der Waals surface area contributed by atoms with Crippen molar-refractivity contribution >= 4 is 5.52 Å². The number of fused-ring (bicyclic) bond motifs is 1. The van der Waals surface area contributed by atoms with Gasteiger partial charge in [0, 0.05) is 31.0 Å². The van der Waals surface area contributed by atoms with Crippen molar-refractivity contribution in [3.63, 3.8) is 0 Å². The molecule has 1 N–H and O–H groups in total. The monoisotopic (exact) mass is 542 g/mol. The Bertz CT molecular complexity index is 1610. The van der Waals surface area contributed by atoms with E-state index in [0.29, 0.717) is 17.1 Å². The average Bonchev–Trinajstić information content (AvgIpc) is 3.43. The quantitative estimate of drug-likeness (QED) is 0.338. The van der Waals surface area contributed by atoms with Crippen LogP contribution in [0.1, 0.15) is 74.5 Å². The van der Waals surface area contributed by atoms with Gasteiger partial charge < -0.3 is 9.88 Å². The SMILES string of the molecule is C[C@H](NC1(C)CCC1)c1cc(C(F)(F)F)c2cn(-c3cccc(C4(c5nncn5C)CC(F)C4)c3)c(=O)n2c1. The van der Waals surface area contributed by atoms with E-state index in [9.17, 15) is 22.4 Å². The normalized spacial score (nSPS) is 23.4. The first-order chi connectivity index (χ1) is 18.4. The van der Waals surface area contributed by atoms with Gasteiger partial charge in [-0.3, -0.25) is 8.97 Å². The van der Waals surface area contributed by atoms with E-state index in [0.717, 1.165) is 35.3 Å². The summed E-state index contributed by atoms with van der Waals surface area (Å²) in [7, 11) is 1.79.